The topological polar surface area (TPSA) is 52.3 Å². The van der Waals surface area contributed by atoms with Crippen LogP contribution < -0.4 is 4.74 Å². The lowest BCUT2D eigenvalue weighted by molar-refractivity contribution is 0.307. The van der Waals surface area contributed by atoms with Crippen LogP contribution in [0.4, 0.5) is 0 Å². The molecule has 2 heterocycles. The normalized spacial score (nSPS) is 11.0. The zero-order chi connectivity index (χ0) is 17.2. The Bertz CT molecular complexity index is 1030. The van der Waals surface area contributed by atoms with Crippen molar-refractivity contribution in [3.05, 3.63) is 76.7 Å². The van der Waals surface area contributed by atoms with Crippen LogP contribution in [-0.2, 0) is 6.61 Å². The summed E-state index contributed by atoms with van der Waals surface area (Å²) in [5.74, 6) is 1.19. The fourth-order valence-corrected chi connectivity index (χ4v) is 2.87. The maximum atomic E-state index is 6.15. The molecular weight excluding hydrogens is 359 g/mol. The third-order valence-corrected chi connectivity index (χ3v) is 4.19. The molecule has 0 saturated carbocycles. The molecule has 0 unspecified atom stereocenters. The van der Waals surface area contributed by atoms with E-state index in [1.165, 1.54) is 0 Å². The van der Waals surface area contributed by atoms with Crippen LogP contribution in [0.25, 0.3) is 17.0 Å². The molecule has 0 atom stereocenters. The van der Waals surface area contributed by atoms with Crippen molar-refractivity contribution in [2.24, 2.45) is 0 Å². The number of hydrogen-bond acceptors (Lipinski definition) is 4. The molecule has 0 aliphatic rings. The number of fused-ring (bicyclic) bond motifs is 1. The van der Waals surface area contributed by atoms with Gasteiger partial charge in [0, 0.05) is 17.4 Å². The standard InChI is InChI=1S/C18H12Cl2N4O/c19-13-6-7-14(15(10-13)25-11-12-4-2-1-3-5-12)17-23-22-16(20)18-21-8-9-24(17)18/h1-10H,11H2. The van der Waals surface area contributed by atoms with Crippen LogP contribution in [-0.4, -0.2) is 19.6 Å². The van der Waals surface area contributed by atoms with E-state index in [-0.39, 0.29) is 5.15 Å². The molecule has 0 amide bonds. The molecule has 25 heavy (non-hydrogen) atoms. The van der Waals surface area contributed by atoms with Crippen molar-refractivity contribution in [2.75, 3.05) is 0 Å². The van der Waals surface area contributed by atoms with Crippen LogP contribution in [0.1, 0.15) is 5.56 Å². The summed E-state index contributed by atoms with van der Waals surface area (Å²) in [6.07, 6.45) is 3.43. The Morgan fingerprint density at radius 2 is 1.84 bits per heavy atom. The van der Waals surface area contributed by atoms with Crippen molar-refractivity contribution < 1.29 is 4.74 Å². The highest BCUT2D eigenvalue weighted by atomic mass is 35.5. The van der Waals surface area contributed by atoms with Gasteiger partial charge in [-0.1, -0.05) is 53.5 Å². The smallest absolute Gasteiger partial charge is 0.195 e. The molecule has 0 aliphatic carbocycles. The molecule has 5 nitrogen and oxygen atoms in total. The average Bonchev–Trinajstić information content (AvgIpc) is 3.13. The van der Waals surface area contributed by atoms with Crippen LogP contribution in [0.5, 0.6) is 5.75 Å². The second kappa shape index (κ2) is 6.70. The van der Waals surface area contributed by atoms with E-state index < -0.39 is 0 Å². The molecule has 0 saturated heterocycles. The summed E-state index contributed by atoms with van der Waals surface area (Å²) in [7, 11) is 0. The first kappa shape index (κ1) is 15.9. The largest absolute Gasteiger partial charge is 0.488 e. The Labute approximate surface area is 153 Å². The fourth-order valence-electron chi connectivity index (χ4n) is 2.53. The van der Waals surface area contributed by atoms with Gasteiger partial charge in [0.1, 0.15) is 12.4 Å². The van der Waals surface area contributed by atoms with Gasteiger partial charge in [0.2, 0.25) is 0 Å². The lowest BCUT2D eigenvalue weighted by atomic mass is 10.2. The van der Waals surface area contributed by atoms with Gasteiger partial charge in [-0.25, -0.2) is 4.98 Å². The average molecular weight is 371 g/mol. The second-order valence-electron chi connectivity index (χ2n) is 5.35. The summed E-state index contributed by atoms with van der Waals surface area (Å²) < 4.78 is 7.77. The Kier molecular flexibility index (Phi) is 4.26. The molecule has 4 rings (SSSR count). The monoisotopic (exact) mass is 370 g/mol. The summed E-state index contributed by atoms with van der Waals surface area (Å²) in [6, 6.07) is 15.3. The van der Waals surface area contributed by atoms with Gasteiger partial charge < -0.3 is 4.74 Å². The van der Waals surface area contributed by atoms with E-state index in [9.17, 15) is 0 Å². The first-order valence-corrected chi connectivity index (χ1v) is 8.30. The molecule has 0 radical (unpaired) electrons. The van der Waals surface area contributed by atoms with E-state index >= 15 is 0 Å². The first-order valence-electron chi connectivity index (χ1n) is 7.54. The van der Waals surface area contributed by atoms with Crippen LogP contribution in [0.15, 0.2) is 60.9 Å². The molecule has 0 N–H and O–H groups in total. The van der Waals surface area contributed by atoms with Gasteiger partial charge >= 0.3 is 0 Å². The van der Waals surface area contributed by atoms with Crippen LogP contribution in [0, 0.1) is 0 Å². The number of imidazole rings is 1. The number of ether oxygens (including phenoxy) is 1. The second-order valence-corrected chi connectivity index (χ2v) is 6.14. The lowest BCUT2D eigenvalue weighted by Crippen LogP contribution is -2.02. The molecule has 2 aromatic carbocycles. The van der Waals surface area contributed by atoms with Crippen molar-refractivity contribution in [2.45, 2.75) is 6.61 Å². The molecular formula is C18H12Cl2N4O. The van der Waals surface area contributed by atoms with E-state index in [4.69, 9.17) is 27.9 Å². The van der Waals surface area contributed by atoms with Crippen molar-refractivity contribution in [1.29, 1.82) is 0 Å². The minimum absolute atomic E-state index is 0.245. The van der Waals surface area contributed by atoms with Gasteiger partial charge in [0.05, 0.1) is 5.56 Å². The van der Waals surface area contributed by atoms with Crippen molar-refractivity contribution in [1.82, 2.24) is 19.6 Å². The van der Waals surface area contributed by atoms with E-state index in [0.717, 1.165) is 11.1 Å². The van der Waals surface area contributed by atoms with E-state index in [1.54, 1.807) is 28.9 Å². The maximum Gasteiger partial charge on any atom is 0.195 e. The van der Waals surface area contributed by atoms with Crippen molar-refractivity contribution >= 4 is 28.8 Å². The van der Waals surface area contributed by atoms with E-state index in [2.05, 4.69) is 15.2 Å². The van der Waals surface area contributed by atoms with Crippen molar-refractivity contribution in [3.8, 4) is 17.1 Å². The Morgan fingerprint density at radius 1 is 1.00 bits per heavy atom. The highest BCUT2D eigenvalue weighted by molar-refractivity contribution is 6.32. The maximum absolute atomic E-state index is 6.15. The third kappa shape index (κ3) is 3.16. The van der Waals surface area contributed by atoms with Gasteiger partial charge in [-0.15, -0.1) is 10.2 Å². The number of benzene rings is 2. The van der Waals surface area contributed by atoms with Crippen LogP contribution in [0.2, 0.25) is 10.2 Å². The summed E-state index contributed by atoms with van der Waals surface area (Å²) in [5, 5.41) is 9.02. The SMILES string of the molecule is Clc1ccc(-c2nnc(Cl)c3nccn23)c(OCc2ccccc2)c1. The zero-order valence-corrected chi connectivity index (χ0v) is 14.4. The lowest BCUT2D eigenvalue weighted by Gasteiger charge is -2.12. The zero-order valence-electron chi connectivity index (χ0n) is 12.9. The quantitative estimate of drug-likeness (QED) is 0.523. The molecule has 7 heteroatoms. The molecule has 0 bridgehead atoms. The van der Waals surface area contributed by atoms with Crippen molar-refractivity contribution in [3.63, 3.8) is 0 Å². The van der Waals surface area contributed by atoms with Gasteiger partial charge in [0.25, 0.3) is 0 Å². The Balaban J connectivity index is 1.77. The van der Waals surface area contributed by atoms with Gasteiger partial charge in [-0.2, -0.15) is 0 Å². The molecule has 2 aromatic heterocycles. The minimum Gasteiger partial charge on any atom is -0.488 e. The Morgan fingerprint density at radius 3 is 2.68 bits per heavy atom. The number of hydrogen-bond donors (Lipinski definition) is 0. The molecule has 124 valence electrons. The summed E-state index contributed by atoms with van der Waals surface area (Å²) in [6.45, 7) is 0.419. The molecule has 0 aliphatic heterocycles. The van der Waals surface area contributed by atoms with E-state index in [0.29, 0.717) is 28.9 Å². The summed E-state index contributed by atoms with van der Waals surface area (Å²) in [4.78, 5) is 4.21. The van der Waals surface area contributed by atoms with Gasteiger partial charge in [-0.3, -0.25) is 4.40 Å². The minimum atomic E-state index is 0.245. The van der Waals surface area contributed by atoms with E-state index in [1.807, 2.05) is 36.4 Å². The first-order chi connectivity index (χ1) is 12.2. The molecule has 0 spiro atoms. The Hall–Kier alpha value is -2.63. The molecule has 4 aromatic rings. The molecule has 0 fully saturated rings. The van der Waals surface area contributed by atoms with Crippen LogP contribution in [0.3, 0.4) is 0 Å². The highest BCUT2D eigenvalue weighted by Crippen LogP contribution is 2.32. The number of halogens is 2. The summed E-state index contributed by atoms with van der Waals surface area (Å²) in [5.41, 5.74) is 2.35. The van der Waals surface area contributed by atoms with Crippen LogP contribution >= 0.6 is 23.2 Å². The summed E-state index contributed by atoms with van der Waals surface area (Å²) >= 11 is 12.2. The van der Waals surface area contributed by atoms with Gasteiger partial charge in [-0.05, 0) is 23.8 Å². The van der Waals surface area contributed by atoms with Gasteiger partial charge in [0.15, 0.2) is 16.6 Å². The third-order valence-electron chi connectivity index (χ3n) is 3.71. The fraction of sp³-hybridized carbons (Fsp3) is 0.0556. The number of aromatic nitrogens is 4. The predicted molar refractivity (Wildman–Crippen MR) is 97.0 cm³/mol. The number of nitrogens with zero attached hydrogens (tertiary/aromatic N) is 4. The highest BCUT2D eigenvalue weighted by Gasteiger charge is 2.15. The predicted octanol–water partition coefficient (Wildman–Crippen LogP) is 4.68. The number of rotatable bonds is 4.